The molecule has 18 heavy (non-hydrogen) atoms. The van der Waals surface area contributed by atoms with Crippen LogP contribution in [0, 0.1) is 6.92 Å². The number of aliphatic hydroxyl groups is 1. The molecule has 0 radical (unpaired) electrons. The van der Waals surface area contributed by atoms with Crippen LogP contribution in [0.4, 0.5) is 0 Å². The molecule has 6 heteroatoms. The van der Waals surface area contributed by atoms with E-state index in [9.17, 15) is 9.90 Å². The number of carbonyl (C=O) groups excluding carboxylic acids is 1. The van der Waals surface area contributed by atoms with E-state index in [1.54, 1.807) is 4.68 Å². The number of hydrogen-bond donors (Lipinski definition) is 2. The molecule has 0 unspecified atom stereocenters. The smallest absolute Gasteiger partial charge is 0.217 e. The van der Waals surface area contributed by atoms with E-state index < -0.39 is 6.10 Å². The van der Waals surface area contributed by atoms with Gasteiger partial charge in [-0.25, -0.2) is 4.98 Å². The lowest BCUT2D eigenvalue weighted by Crippen LogP contribution is -2.46. The summed E-state index contributed by atoms with van der Waals surface area (Å²) in [6.45, 7) is 3.34. The van der Waals surface area contributed by atoms with E-state index in [0.717, 1.165) is 18.1 Å². The largest absolute Gasteiger partial charge is 0.391 e. The summed E-state index contributed by atoms with van der Waals surface area (Å²) in [5.41, 5.74) is 0. The molecule has 0 aromatic carbocycles. The first-order valence-electron chi connectivity index (χ1n) is 6.30. The summed E-state index contributed by atoms with van der Waals surface area (Å²) in [4.78, 5) is 15.5. The molecule has 1 amide bonds. The van der Waals surface area contributed by atoms with Gasteiger partial charge in [0.05, 0.1) is 12.1 Å². The van der Waals surface area contributed by atoms with Gasteiger partial charge in [0.15, 0.2) is 0 Å². The van der Waals surface area contributed by atoms with Gasteiger partial charge in [0.1, 0.15) is 11.6 Å². The van der Waals surface area contributed by atoms with Crippen molar-refractivity contribution in [2.45, 2.75) is 51.2 Å². The van der Waals surface area contributed by atoms with Gasteiger partial charge in [0, 0.05) is 19.9 Å². The lowest BCUT2D eigenvalue weighted by molar-refractivity contribution is -0.120. The highest BCUT2D eigenvalue weighted by molar-refractivity contribution is 5.73. The SMILES string of the molecule is CC(=O)N[C@@H]1C[C@@H](c2nc(C)nn2C)CC[C@H]1O. The first-order valence-corrected chi connectivity index (χ1v) is 6.30. The van der Waals surface area contributed by atoms with Gasteiger partial charge in [0.25, 0.3) is 0 Å². The maximum absolute atomic E-state index is 11.1. The van der Waals surface area contributed by atoms with E-state index in [0.29, 0.717) is 12.8 Å². The van der Waals surface area contributed by atoms with Crippen molar-refractivity contribution < 1.29 is 9.90 Å². The first kappa shape index (κ1) is 13.0. The number of carbonyl (C=O) groups is 1. The number of aliphatic hydroxyl groups excluding tert-OH is 1. The maximum atomic E-state index is 11.1. The predicted molar refractivity (Wildman–Crippen MR) is 65.9 cm³/mol. The van der Waals surface area contributed by atoms with Crippen molar-refractivity contribution in [2.75, 3.05) is 0 Å². The van der Waals surface area contributed by atoms with Gasteiger partial charge in [-0.3, -0.25) is 9.48 Å². The topological polar surface area (TPSA) is 80.0 Å². The second-order valence-electron chi connectivity index (χ2n) is 5.03. The Labute approximate surface area is 106 Å². The number of amides is 1. The maximum Gasteiger partial charge on any atom is 0.217 e. The molecule has 1 aliphatic carbocycles. The number of nitrogens with one attached hydrogen (secondary N) is 1. The molecule has 1 aliphatic rings. The number of rotatable bonds is 2. The monoisotopic (exact) mass is 252 g/mol. The molecule has 2 N–H and O–H groups in total. The molecular weight excluding hydrogens is 232 g/mol. The molecule has 1 heterocycles. The van der Waals surface area contributed by atoms with E-state index >= 15 is 0 Å². The van der Waals surface area contributed by atoms with E-state index in [2.05, 4.69) is 15.4 Å². The van der Waals surface area contributed by atoms with Crippen LogP contribution in [0.2, 0.25) is 0 Å². The lowest BCUT2D eigenvalue weighted by atomic mass is 9.83. The van der Waals surface area contributed by atoms with Crippen molar-refractivity contribution in [3.8, 4) is 0 Å². The van der Waals surface area contributed by atoms with Crippen molar-refractivity contribution in [3.63, 3.8) is 0 Å². The van der Waals surface area contributed by atoms with Crippen LogP contribution < -0.4 is 5.32 Å². The summed E-state index contributed by atoms with van der Waals surface area (Å²) in [5.74, 6) is 1.84. The van der Waals surface area contributed by atoms with Gasteiger partial charge in [-0.2, -0.15) is 5.10 Å². The van der Waals surface area contributed by atoms with Crippen LogP contribution in [0.25, 0.3) is 0 Å². The van der Waals surface area contributed by atoms with Crippen molar-refractivity contribution in [1.29, 1.82) is 0 Å². The zero-order chi connectivity index (χ0) is 13.3. The van der Waals surface area contributed by atoms with E-state index in [1.165, 1.54) is 6.92 Å². The Morgan fingerprint density at radius 2 is 2.22 bits per heavy atom. The normalized spacial score (nSPS) is 28.1. The predicted octanol–water partition coefficient (Wildman–Crippen LogP) is 0.257. The van der Waals surface area contributed by atoms with Crippen LogP contribution in [0.3, 0.4) is 0 Å². The highest BCUT2D eigenvalue weighted by Gasteiger charge is 2.32. The van der Waals surface area contributed by atoms with E-state index in [-0.39, 0.29) is 17.9 Å². The number of aryl methyl sites for hydroxylation is 2. The van der Waals surface area contributed by atoms with Crippen LogP contribution in [0.15, 0.2) is 0 Å². The molecule has 100 valence electrons. The van der Waals surface area contributed by atoms with Crippen molar-refractivity contribution >= 4 is 5.91 Å². The van der Waals surface area contributed by atoms with Crippen molar-refractivity contribution in [2.24, 2.45) is 7.05 Å². The summed E-state index contributed by atoms with van der Waals surface area (Å²) in [7, 11) is 1.88. The molecule has 3 atom stereocenters. The molecule has 0 spiro atoms. The average Bonchev–Trinajstić information content (AvgIpc) is 2.60. The Bertz CT molecular complexity index is 443. The Hall–Kier alpha value is -1.43. The summed E-state index contributed by atoms with van der Waals surface area (Å²) in [5, 5.41) is 17.0. The van der Waals surface area contributed by atoms with Gasteiger partial charge in [-0.05, 0) is 26.2 Å². The van der Waals surface area contributed by atoms with Crippen molar-refractivity contribution in [3.05, 3.63) is 11.6 Å². The third kappa shape index (κ3) is 2.69. The van der Waals surface area contributed by atoms with Gasteiger partial charge >= 0.3 is 0 Å². The Morgan fingerprint density at radius 3 is 2.78 bits per heavy atom. The average molecular weight is 252 g/mol. The van der Waals surface area contributed by atoms with E-state index in [1.807, 2.05) is 14.0 Å². The van der Waals surface area contributed by atoms with Crippen LogP contribution >= 0.6 is 0 Å². The van der Waals surface area contributed by atoms with Crippen LogP contribution in [0.5, 0.6) is 0 Å². The molecule has 1 aromatic heterocycles. The number of nitrogens with zero attached hydrogens (tertiary/aromatic N) is 3. The van der Waals surface area contributed by atoms with Crippen LogP contribution in [-0.4, -0.2) is 37.9 Å². The molecule has 0 aliphatic heterocycles. The zero-order valence-electron chi connectivity index (χ0n) is 11.1. The van der Waals surface area contributed by atoms with Gasteiger partial charge in [0.2, 0.25) is 5.91 Å². The quantitative estimate of drug-likeness (QED) is 0.791. The highest BCUT2D eigenvalue weighted by Crippen LogP contribution is 2.32. The number of hydrogen-bond acceptors (Lipinski definition) is 4. The minimum absolute atomic E-state index is 0.103. The fraction of sp³-hybridized carbons (Fsp3) is 0.750. The third-order valence-corrected chi connectivity index (χ3v) is 3.47. The van der Waals surface area contributed by atoms with Gasteiger partial charge < -0.3 is 10.4 Å². The van der Waals surface area contributed by atoms with Crippen LogP contribution in [0.1, 0.15) is 43.8 Å². The molecule has 1 aromatic rings. The fourth-order valence-electron chi connectivity index (χ4n) is 2.69. The Morgan fingerprint density at radius 1 is 1.50 bits per heavy atom. The zero-order valence-corrected chi connectivity index (χ0v) is 11.1. The summed E-state index contributed by atoms with van der Waals surface area (Å²) in [6.07, 6.45) is 1.82. The van der Waals surface area contributed by atoms with E-state index in [4.69, 9.17) is 0 Å². The molecule has 0 bridgehead atoms. The minimum Gasteiger partial charge on any atom is -0.391 e. The molecule has 2 rings (SSSR count). The summed E-state index contributed by atoms with van der Waals surface area (Å²) in [6, 6.07) is -0.182. The molecule has 6 nitrogen and oxygen atoms in total. The van der Waals surface area contributed by atoms with Crippen molar-refractivity contribution in [1.82, 2.24) is 20.1 Å². The molecule has 1 fully saturated rings. The Kier molecular flexibility index (Phi) is 3.65. The standard InChI is InChI=1S/C12H20N4O2/c1-7-13-12(16(3)15-7)9-4-5-11(18)10(6-9)14-8(2)17/h9-11,18H,4-6H2,1-3H3,(H,14,17)/t9-,10+,11+/m0/s1. The summed E-state index contributed by atoms with van der Waals surface area (Å²) >= 11 is 0. The first-order chi connectivity index (χ1) is 8.47. The second-order valence-corrected chi connectivity index (χ2v) is 5.03. The van der Waals surface area contributed by atoms with Crippen LogP contribution in [-0.2, 0) is 11.8 Å². The minimum atomic E-state index is -0.459. The summed E-state index contributed by atoms with van der Waals surface area (Å²) < 4.78 is 1.79. The van der Waals surface area contributed by atoms with Gasteiger partial charge in [-0.15, -0.1) is 0 Å². The molecule has 0 saturated heterocycles. The molecule has 1 saturated carbocycles. The molecular formula is C12H20N4O2. The highest BCUT2D eigenvalue weighted by atomic mass is 16.3. The lowest BCUT2D eigenvalue weighted by Gasteiger charge is -2.33. The fourth-order valence-corrected chi connectivity index (χ4v) is 2.69. The number of aromatic nitrogens is 3. The second kappa shape index (κ2) is 5.06. The van der Waals surface area contributed by atoms with Gasteiger partial charge in [-0.1, -0.05) is 0 Å². The Balaban J connectivity index is 2.11. The third-order valence-electron chi connectivity index (χ3n) is 3.47.